The molecule has 14 heavy (non-hydrogen) atoms. The van der Waals surface area contributed by atoms with Gasteiger partial charge in [0.25, 0.3) is 0 Å². The van der Waals surface area contributed by atoms with Gasteiger partial charge in [0.1, 0.15) is 8.67 Å². The highest BCUT2D eigenvalue weighted by Crippen LogP contribution is 2.14. The van der Waals surface area contributed by atoms with Crippen molar-refractivity contribution in [1.29, 1.82) is 0 Å². The van der Waals surface area contributed by atoms with E-state index in [-0.39, 0.29) is 8.67 Å². The molecule has 0 unspecified atom stereocenters. The van der Waals surface area contributed by atoms with Crippen molar-refractivity contribution in [2.24, 2.45) is 0 Å². The van der Waals surface area contributed by atoms with Crippen molar-refractivity contribution in [2.45, 2.75) is 4.90 Å². The summed E-state index contributed by atoms with van der Waals surface area (Å²) in [6.45, 7) is 0. The molecule has 2 heteroatoms. The summed E-state index contributed by atoms with van der Waals surface area (Å²) in [5, 5.41) is 1.52. The topological polar surface area (TPSA) is 0 Å². The normalized spacial score (nSPS) is 10.9. The van der Waals surface area contributed by atoms with Crippen molar-refractivity contribution in [3.8, 4) is 0 Å². The standard InChI is InChI=1S/C12H12SSi/c1-3-7-11(8-4-1)13-14-12-9-5-2-6-10-12/h1-10H,14H2. The van der Waals surface area contributed by atoms with Crippen molar-refractivity contribution >= 4 is 25.1 Å². The molecule has 0 fully saturated rings. The minimum atomic E-state index is -0.193. The van der Waals surface area contributed by atoms with E-state index >= 15 is 0 Å². The van der Waals surface area contributed by atoms with E-state index in [9.17, 15) is 0 Å². The molecule has 0 heterocycles. The van der Waals surface area contributed by atoms with Crippen molar-refractivity contribution in [1.82, 2.24) is 0 Å². The first kappa shape index (κ1) is 9.56. The molecular formula is C12H12SSi. The van der Waals surface area contributed by atoms with Gasteiger partial charge in [0.2, 0.25) is 0 Å². The zero-order valence-electron chi connectivity index (χ0n) is 7.89. The average Bonchev–Trinajstić information content (AvgIpc) is 2.29. The van der Waals surface area contributed by atoms with Crippen molar-refractivity contribution < 1.29 is 0 Å². The molecule has 2 aromatic rings. The van der Waals surface area contributed by atoms with Crippen LogP contribution in [0.4, 0.5) is 0 Å². The van der Waals surface area contributed by atoms with Gasteiger partial charge >= 0.3 is 0 Å². The van der Waals surface area contributed by atoms with Crippen LogP contribution in [0.25, 0.3) is 0 Å². The van der Waals surface area contributed by atoms with E-state index in [4.69, 9.17) is 0 Å². The molecule has 2 aromatic carbocycles. The van der Waals surface area contributed by atoms with E-state index in [0.717, 1.165) is 0 Å². The first-order valence-electron chi connectivity index (χ1n) is 4.67. The summed E-state index contributed by atoms with van der Waals surface area (Å²) in [5.74, 6) is 0. The fraction of sp³-hybridized carbons (Fsp3) is 0. The molecule has 0 atom stereocenters. The predicted octanol–water partition coefficient (Wildman–Crippen LogP) is 2.19. The highest BCUT2D eigenvalue weighted by Gasteiger charge is 1.94. The lowest BCUT2D eigenvalue weighted by Crippen LogP contribution is -2.08. The highest BCUT2D eigenvalue weighted by molar-refractivity contribution is 8.23. The predicted molar refractivity (Wildman–Crippen MR) is 66.9 cm³/mol. The van der Waals surface area contributed by atoms with Crippen LogP contribution in [0.2, 0.25) is 0 Å². The van der Waals surface area contributed by atoms with E-state index < -0.39 is 0 Å². The largest absolute Gasteiger partial charge is 0.154 e. The molecule has 0 N–H and O–H groups in total. The Morgan fingerprint density at radius 2 is 1.29 bits per heavy atom. The van der Waals surface area contributed by atoms with Crippen molar-refractivity contribution in [2.75, 3.05) is 0 Å². The Morgan fingerprint density at radius 1 is 0.714 bits per heavy atom. The van der Waals surface area contributed by atoms with Gasteiger partial charge in [-0.05, 0) is 12.1 Å². The van der Waals surface area contributed by atoms with Crippen LogP contribution in [0.3, 0.4) is 0 Å². The van der Waals surface area contributed by atoms with Crippen LogP contribution >= 0.6 is 11.2 Å². The summed E-state index contributed by atoms with van der Waals surface area (Å²) in [6, 6.07) is 21.4. The molecule has 0 saturated carbocycles. The van der Waals surface area contributed by atoms with Gasteiger partial charge in [-0.1, -0.05) is 53.7 Å². The SMILES string of the molecule is c1ccc([SiH2]Sc2ccccc2)cc1. The first-order chi connectivity index (χ1) is 6.95. The molecule has 0 aliphatic heterocycles. The Balaban J connectivity index is 1.96. The Kier molecular flexibility index (Phi) is 3.43. The van der Waals surface area contributed by atoms with E-state index in [1.54, 1.807) is 0 Å². The van der Waals surface area contributed by atoms with Crippen molar-refractivity contribution in [3.05, 3.63) is 60.7 Å². The minimum absolute atomic E-state index is 0.193. The Labute approximate surface area is 90.8 Å². The van der Waals surface area contributed by atoms with Crippen LogP contribution in [0.1, 0.15) is 0 Å². The number of benzene rings is 2. The summed E-state index contributed by atoms with van der Waals surface area (Å²) < 4.78 is 0. The lowest BCUT2D eigenvalue weighted by Gasteiger charge is -2.00. The third-order valence-electron chi connectivity index (χ3n) is 1.99. The summed E-state index contributed by atoms with van der Waals surface area (Å²) in [7, 11) is -0.193. The first-order valence-corrected chi connectivity index (χ1v) is 8.09. The molecule has 0 bridgehead atoms. The van der Waals surface area contributed by atoms with Gasteiger partial charge < -0.3 is 0 Å². The van der Waals surface area contributed by atoms with Crippen LogP contribution < -0.4 is 5.19 Å². The fourth-order valence-corrected chi connectivity index (χ4v) is 4.56. The maximum absolute atomic E-state index is 2.22. The molecule has 0 amide bonds. The van der Waals surface area contributed by atoms with Crippen LogP contribution in [-0.2, 0) is 0 Å². The molecule has 0 nitrogen and oxygen atoms in total. The van der Waals surface area contributed by atoms with Crippen LogP contribution in [0, 0.1) is 0 Å². The Morgan fingerprint density at radius 3 is 1.93 bits per heavy atom. The molecule has 0 radical (unpaired) electrons. The molecule has 0 aliphatic rings. The number of hydrogen-bond acceptors (Lipinski definition) is 1. The van der Waals surface area contributed by atoms with E-state index in [0.29, 0.717) is 0 Å². The zero-order valence-corrected chi connectivity index (χ0v) is 10.1. The van der Waals surface area contributed by atoms with E-state index in [2.05, 4.69) is 60.7 Å². The lowest BCUT2D eigenvalue weighted by atomic mass is 10.4. The summed E-state index contributed by atoms with van der Waals surface area (Å²) >= 11 is 2.01. The van der Waals surface area contributed by atoms with E-state index in [1.165, 1.54) is 10.1 Å². The zero-order chi connectivity index (χ0) is 9.64. The second-order valence-corrected chi connectivity index (χ2v) is 6.68. The van der Waals surface area contributed by atoms with Crippen LogP contribution in [0.15, 0.2) is 65.6 Å². The monoisotopic (exact) mass is 216 g/mol. The van der Waals surface area contributed by atoms with Gasteiger partial charge in [-0.3, -0.25) is 0 Å². The molecule has 2 rings (SSSR count). The van der Waals surface area contributed by atoms with Crippen LogP contribution in [-0.4, -0.2) is 8.67 Å². The number of rotatable bonds is 3. The van der Waals surface area contributed by atoms with Gasteiger partial charge in [0, 0.05) is 4.90 Å². The van der Waals surface area contributed by atoms with Gasteiger partial charge in [0.15, 0.2) is 0 Å². The molecule has 0 saturated heterocycles. The Hall–Kier alpha value is -0.993. The lowest BCUT2D eigenvalue weighted by molar-refractivity contribution is 1.48. The summed E-state index contributed by atoms with van der Waals surface area (Å²) in [6.07, 6.45) is 0. The quantitative estimate of drug-likeness (QED) is 0.709. The number of hydrogen-bond donors (Lipinski definition) is 0. The third kappa shape index (κ3) is 2.75. The highest BCUT2D eigenvalue weighted by atomic mass is 32.4. The molecular weight excluding hydrogens is 204 g/mol. The minimum Gasteiger partial charge on any atom is -0.154 e. The maximum Gasteiger partial charge on any atom is 0.123 e. The average molecular weight is 216 g/mol. The molecule has 0 aliphatic carbocycles. The summed E-state index contributed by atoms with van der Waals surface area (Å²) in [5.41, 5.74) is 0. The molecule has 70 valence electrons. The molecule has 0 spiro atoms. The van der Waals surface area contributed by atoms with Gasteiger partial charge in [-0.2, -0.15) is 11.2 Å². The smallest absolute Gasteiger partial charge is 0.123 e. The second kappa shape index (κ2) is 5.03. The second-order valence-electron chi connectivity index (χ2n) is 3.09. The maximum atomic E-state index is 2.22. The van der Waals surface area contributed by atoms with Crippen molar-refractivity contribution in [3.63, 3.8) is 0 Å². The van der Waals surface area contributed by atoms with Gasteiger partial charge in [-0.25, -0.2) is 0 Å². The fourth-order valence-electron chi connectivity index (χ4n) is 1.26. The van der Waals surface area contributed by atoms with Crippen LogP contribution in [0.5, 0.6) is 0 Å². The molecule has 0 aromatic heterocycles. The van der Waals surface area contributed by atoms with Gasteiger partial charge in [-0.15, -0.1) is 0 Å². The van der Waals surface area contributed by atoms with Gasteiger partial charge in [0.05, 0.1) is 0 Å². The summed E-state index contributed by atoms with van der Waals surface area (Å²) in [4.78, 5) is 1.39. The van der Waals surface area contributed by atoms with E-state index in [1.807, 2.05) is 11.2 Å². The Bertz CT molecular complexity index is 333. The third-order valence-corrected chi connectivity index (χ3v) is 5.98.